The predicted molar refractivity (Wildman–Crippen MR) is 187 cm³/mol. The summed E-state index contributed by atoms with van der Waals surface area (Å²) in [6.07, 6.45) is 4.13. The van der Waals surface area contributed by atoms with Gasteiger partial charge in [-0.15, -0.1) is 20.3 Å². The number of carbonyl (C=O) groups is 4. The third-order valence-electron chi connectivity index (χ3n) is 8.38. The third kappa shape index (κ3) is 9.64. The molecule has 2 fully saturated rings. The van der Waals surface area contributed by atoms with Crippen LogP contribution in [0.3, 0.4) is 0 Å². The van der Waals surface area contributed by atoms with Gasteiger partial charge in [-0.2, -0.15) is 18.2 Å². The number of benzene rings is 1. The number of nitrogen functional groups attached to an aromatic ring is 1. The van der Waals surface area contributed by atoms with Crippen molar-refractivity contribution in [2.75, 3.05) is 30.7 Å². The lowest BCUT2D eigenvalue weighted by Gasteiger charge is -2.50. The highest BCUT2D eigenvalue weighted by Gasteiger charge is 2.58. The fraction of sp³-hybridized carbons (Fsp3) is 0.452. The first-order valence-electron chi connectivity index (χ1n) is 16.4. The Balaban J connectivity index is 1.21. The number of β-lactam (4-membered cyclic amide) rings is 1. The molecule has 286 valence electrons. The molecule has 2 aromatic heterocycles. The Bertz CT molecular complexity index is 1980. The number of thiazole rings is 1. The number of carboxylic acids is 1. The van der Waals surface area contributed by atoms with Gasteiger partial charge >= 0.3 is 16.4 Å². The second-order valence-electron chi connectivity index (χ2n) is 12.8. The minimum absolute atomic E-state index is 0.0410. The highest BCUT2D eigenvalue weighted by Crippen LogP contribution is 2.33. The van der Waals surface area contributed by atoms with Crippen molar-refractivity contribution in [2.24, 2.45) is 11.1 Å². The molecule has 20 nitrogen and oxygen atoms in total. The predicted octanol–water partition coefficient (Wildman–Crippen LogP) is 0.179. The lowest BCUT2D eigenvalue weighted by Crippen LogP contribution is -2.76. The molecular formula is C31H40N9O11S2+. The number of rotatable bonds is 18. The zero-order chi connectivity index (χ0) is 38.5. The topological polar surface area (TPSA) is 270 Å². The number of nitrogens with one attached hydrogen (secondary N) is 3. The first-order chi connectivity index (χ1) is 25.0. The lowest BCUT2D eigenvalue weighted by molar-refractivity contribution is -0.781. The number of nitrogens with two attached hydrogens (primary N) is 1. The Morgan fingerprint density at radius 1 is 1.25 bits per heavy atom. The molecule has 3 amide bonds. The summed E-state index contributed by atoms with van der Waals surface area (Å²) in [5.74, 6) is -3.14. The number of carboxylic acid groups (broad SMARTS) is 1. The molecule has 5 rings (SSSR count). The molecule has 2 atom stereocenters. The maximum atomic E-state index is 13.3. The van der Waals surface area contributed by atoms with Crippen LogP contribution in [0.2, 0.25) is 0 Å². The second kappa shape index (κ2) is 16.2. The second-order valence-corrected chi connectivity index (χ2v) is 14.7. The Labute approximate surface area is 307 Å². The Morgan fingerprint density at radius 2 is 1.96 bits per heavy atom. The Kier molecular flexibility index (Phi) is 12.0. The molecule has 7 N–H and O–H groups in total. The van der Waals surface area contributed by atoms with E-state index in [9.17, 15) is 32.7 Å². The summed E-state index contributed by atoms with van der Waals surface area (Å²) in [5, 5.41) is 23.8. The van der Waals surface area contributed by atoms with Gasteiger partial charge in [0.25, 0.3) is 23.8 Å². The van der Waals surface area contributed by atoms with E-state index in [1.807, 2.05) is 12.4 Å². The van der Waals surface area contributed by atoms with Crippen molar-refractivity contribution in [1.29, 1.82) is 0 Å². The van der Waals surface area contributed by atoms with Crippen LogP contribution in [0.5, 0.6) is 5.75 Å². The summed E-state index contributed by atoms with van der Waals surface area (Å²) in [4.78, 5) is 60.1. The van der Waals surface area contributed by atoms with E-state index in [0.29, 0.717) is 22.2 Å². The van der Waals surface area contributed by atoms with E-state index >= 15 is 0 Å². The van der Waals surface area contributed by atoms with Crippen LogP contribution >= 0.6 is 11.3 Å². The molecule has 0 spiro atoms. The number of ether oxygens (including phenoxy) is 1. The third-order valence-corrected chi connectivity index (χ3v) is 9.39. The van der Waals surface area contributed by atoms with E-state index in [1.54, 1.807) is 0 Å². The molecule has 2 aliphatic rings. The minimum Gasteiger partial charge on any atom is -0.489 e. The molecule has 4 heterocycles. The summed E-state index contributed by atoms with van der Waals surface area (Å²) in [7, 11) is -5.03. The molecule has 2 aliphatic heterocycles. The van der Waals surface area contributed by atoms with Gasteiger partial charge < -0.3 is 36.4 Å². The van der Waals surface area contributed by atoms with E-state index in [-0.39, 0.29) is 22.5 Å². The molecule has 3 aromatic rings. The molecule has 1 aromatic carbocycles. The molecule has 0 unspecified atom stereocenters. The number of hydrogen-bond acceptors (Lipinski definition) is 14. The normalized spacial score (nSPS) is 17.7. The van der Waals surface area contributed by atoms with Crippen LogP contribution in [0.15, 0.2) is 47.2 Å². The van der Waals surface area contributed by atoms with Crippen LogP contribution in [-0.4, -0.2) is 99.6 Å². The summed E-state index contributed by atoms with van der Waals surface area (Å²) in [6.45, 7) is 7.84. The van der Waals surface area contributed by atoms with Gasteiger partial charge in [-0.05, 0) is 44.5 Å². The van der Waals surface area contributed by atoms with Crippen molar-refractivity contribution in [1.82, 2.24) is 25.4 Å². The lowest BCUT2D eigenvalue weighted by atomic mass is 9.84. The van der Waals surface area contributed by atoms with Crippen molar-refractivity contribution in [3.05, 3.63) is 53.3 Å². The molecule has 0 bridgehead atoms. The van der Waals surface area contributed by atoms with Crippen molar-refractivity contribution < 1.29 is 55.8 Å². The number of oxime groups is 1. The van der Waals surface area contributed by atoms with Gasteiger partial charge in [0.05, 0.1) is 18.3 Å². The van der Waals surface area contributed by atoms with Crippen LogP contribution in [-0.2, 0) is 47.0 Å². The quantitative estimate of drug-likeness (QED) is 0.0331. The summed E-state index contributed by atoms with van der Waals surface area (Å²) in [6, 6.07) is 4.65. The monoisotopic (exact) mass is 778 g/mol. The Hall–Kier alpha value is -5.16. The SMILES string of the molecule is CCCCn1cc(NC(=O)c2ccc(OC[C@H](O/N=C(\C(=O)N[C@@H]3C(=O)N(OS(=O)(=O)O)C3(C)C)c3csc(N)n3)C(=O)O)cc2)c[n+]1CC1CNC1. The number of anilines is 2. The number of aliphatic carboxylic acids is 1. The van der Waals surface area contributed by atoms with Crippen molar-refractivity contribution in [3.8, 4) is 5.75 Å². The van der Waals surface area contributed by atoms with Crippen LogP contribution in [0.25, 0.3) is 0 Å². The summed E-state index contributed by atoms with van der Waals surface area (Å²) < 4.78 is 45.3. The number of amides is 3. The van der Waals surface area contributed by atoms with Crippen molar-refractivity contribution >= 4 is 62.0 Å². The molecule has 0 saturated carbocycles. The average Bonchev–Trinajstić information content (AvgIpc) is 3.68. The van der Waals surface area contributed by atoms with Gasteiger partial charge in [-0.1, -0.05) is 18.5 Å². The standard InChI is InChI=1S/C31H39N9O11S2/c1-4-5-10-38-14-20(15-39(38)13-18-11-33-12-18)34-26(41)19-6-8-21(9-7-19)49-16-23(29(44)45)50-37-24(22-17-52-30(32)35-22)27(42)36-25-28(43)40(31(25,2)3)51-53(46,47)48/h6-9,14-15,17-18,23,25,33H,4-5,10-13,16H2,1-3H3,(H5-,32,34,35,36,41,42,44,45,46,47,48)/p+1/b37-24-/t23-,25+/m0/s1. The zero-order valence-electron chi connectivity index (χ0n) is 28.9. The number of nitrogens with zero attached hydrogens (tertiary/aromatic N) is 5. The van der Waals surface area contributed by atoms with E-state index < -0.39 is 58.2 Å². The van der Waals surface area contributed by atoms with E-state index in [2.05, 4.69) is 46.7 Å². The largest absolute Gasteiger partial charge is 0.489 e. The number of aromatic nitrogens is 3. The molecule has 0 aliphatic carbocycles. The van der Waals surface area contributed by atoms with Gasteiger partial charge in [0.1, 0.15) is 29.8 Å². The van der Waals surface area contributed by atoms with Gasteiger partial charge in [0.2, 0.25) is 6.20 Å². The van der Waals surface area contributed by atoms with Crippen LogP contribution in [0, 0.1) is 5.92 Å². The van der Waals surface area contributed by atoms with Crippen molar-refractivity contribution in [2.45, 2.75) is 64.4 Å². The molecule has 0 radical (unpaired) electrons. The average molecular weight is 779 g/mol. The zero-order valence-corrected chi connectivity index (χ0v) is 30.6. The van der Waals surface area contributed by atoms with Gasteiger partial charge in [-0.3, -0.25) is 18.9 Å². The highest BCUT2D eigenvalue weighted by molar-refractivity contribution is 7.80. The van der Waals surface area contributed by atoms with Gasteiger partial charge in [-0.25, -0.2) is 9.78 Å². The van der Waals surface area contributed by atoms with E-state index in [0.717, 1.165) is 50.4 Å². The number of unbranched alkanes of at least 4 members (excludes halogenated alkanes) is 1. The smallest absolute Gasteiger partial charge is 0.418 e. The Morgan fingerprint density at radius 3 is 2.53 bits per heavy atom. The molecular weight excluding hydrogens is 739 g/mol. The number of aryl methyl sites for hydroxylation is 1. The number of hydrogen-bond donors (Lipinski definition) is 6. The van der Waals surface area contributed by atoms with Crippen LogP contribution in [0.1, 0.15) is 49.7 Å². The summed E-state index contributed by atoms with van der Waals surface area (Å²) in [5.41, 5.74) is 4.59. The molecule has 53 heavy (non-hydrogen) atoms. The van der Waals surface area contributed by atoms with E-state index in [1.165, 1.54) is 43.5 Å². The number of hydroxylamine groups is 2. The fourth-order valence-corrected chi connectivity index (χ4v) is 6.34. The maximum absolute atomic E-state index is 13.3. The number of carbonyl (C=O) groups excluding carboxylic acids is 3. The van der Waals surface area contributed by atoms with E-state index in [4.69, 9.17) is 19.9 Å². The summed E-state index contributed by atoms with van der Waals surface area (Å²) >= 11 is 0.943. The van der Waals surface area contributed by atoms with Crippen LogP contribution in [0.4, 0.5) is 10.8 Å². The van der Waals surface area contributed by atoms with Crippen molar-refractivity contribution in [3.63, 3.8) is 0 Å². The minimum atomic E-state index is -5.03. The first kappa shape index (κ1) is 39.1. The molecule has 2 saturated heterocycles. The van der Waals surface area contributed by atoms with Gasteiger partial charge in [0.15, 0.2) is 17.4 Å². The highest BCUT2D eigenvalue weighted by atomic mass is 32.3. The maximum Gasteiger partial charge on any atom is 0.418 e. The first-order valence-corrected chi connectivity index (χ1v) is 18.6. The van der Waals surface area contributed by atoms with Crippen LogP contribution < -0.4 is 31.1 Å². The van der Waals surface area contributed by atoms with Gasteiger partial charge in [0, 0.05) is 30.0 Å². The fourth-order valence-electron chi connectivity index (χ4n) is 5.34. The molecule has 22 heteroatoms.